The van der Waals surface area contributed by atoms with E-state index < -0.39 is 0 Å². The first-order chi connectivity index (χ1) is 4.66. The minimum atomic E-state index is -0.181. The summed E-state index contributed by atoms with van der Waals surface area (Å²) in [7, 11) is 0. The molecule has 3 N–H and O–H groups in total. The van der Waals surface area contributed by atoms with Crippen LogP contribution in [-0.4, -0.2) is 18.2 Å². The van der Waals surface area contributed by atoms with Crippen molar-refractivity contribution >= 4 is 12.1 Å². The van der Waals surface area contributed by atoms with Gasteiger partial charge in [0.15, 0.2) is 0 Å². The molecule has 10 heavy (non-hydrogen) atoms. The lowest BCUT2D eigenvalue weighted by Crippen LogP contribution is -2.22. The molecule has 0 aliphatic carbocycles. The van der Waals surface area contributed by atoms with Gasteiger partial charge in [0.05, 0.1) is 0 Å². The van der Waals surface area contributed by atoms with Gasteiger partial charge in [-0.15, -0.1) is 0 Å². The fourth-order valence-electron chi connectivity index (χ4n) is 0.329. The van der Waals surface area contributed by atoms with Crippen molar-refractivity contribution in [3.05, 3.63) is 0 Å². The van der Waals surface area contributed by atoms with Crippen molar-refractivity contribution in [3.8, 4) is 0 Å². The minimum Gasteiger partial charge on any atom is -0.323 e. The summed E-state index contributed by atoms with van der Waals surface area (Å²) in [5, 5.41) is 3.59. The number of nitrogens with two attached hydrogens (primary N) is 1. The fourth-order valence-corrected chi connectivity index (χ4v) is 0.329. The van der Waals surface area contributed by atoms with Crippen molar-refractivity contribution < 1.29 is 4.79 Å². The Morgan fingerprint density at radius 3 is 2.90 bits per heavy atom. The summed E-state index contributed by atoms with van der Waals surface area (Å²) in [6, 6.07) is -0.0631. The summed E-state index contributed by atoms with van der Waals surface area (Å²) < 4.78 is 0. The van der Waals surface area contributed by atoms with Gasteiger partial charge in [0, 0.05) is 19.2 Å². The third kappa shape index (κ3) is 5.24. The van der Waals surface area contributed by atoms with Crippen molar-refractivity contribution in [3.63, 3.8) is 0 Å². The number of amides is 1. The van der Waals surface area contributed by atoms with Gasteiger partial charge in [0.25, 0.3) is 0 Å². The van der Waals surface area contributed by atoms with Crippen molar-refractivity contribution in [1.29, 1.82) is 0 Å². The molecule has 0 saturated heterocycles. The van der Waals surface area contributed by atoms with E-state index >= 15 is 0 Å². The monoisotopic (exact) mass is 143 g/mol. The highest BCUT2D eigenvalue weighted by Crippen LogP contribution is 1.78. The highest BCUT2D eigenvalue weighted by atomic mass is 16.2. The maximum atomic E-state index is 10.2. The minimum absolute atomic E-state index is 0.0631. The highest BCUT2D eigenvalue weighted by molar-refractivity contribution is 5.74. The number of carbonyl (C=O) groups excluding carboxylic acids is 1. The highest BCUT2D eigenvalue weighted by Gasteiger charge is 1.91. The molecule has 1 amide bonds. The molecule has 0 aromatic rings. The van der Waals surface area contributed by atoms with Gasteiger partial charge in [0.1, 0.15) is 0 Å². The summed E-state index contributed by atoms with van der Waals surface area (Å²) in [6.07, 6.45) is 2.34. The first kappa shape index (κ1) is 9.10. The van der Waals surface area contributed by atoms with E-state index in [0.29, 0.717) is 0 Å². The summed E-state index contributed by atoms with van der Waals surface area (Å²) in [5.41, 5.74) is 7.72. The van der Waals surface area contributed by atoms with Gasteiger partial charge >= 0.3 is 0 Å². The largest absolute Gasteiger partial charge is 0.323 e. The molecule has 58 valence electrons. The third-order valence-corrected chi connectivity index (χ3v) is 0.959. The van der Waals surface area contributed by atoms with Gasteiger partial charge in [-0.1, -0.05) is 6.92 Å². The van der Waals surface area contributed by atoms with Gasteiger partial charge < -0.3 is 5.73 Å². The summed E-state index contributed by atoms with van der Waals surface area (Å²) in [4.78, 5) is 10.2. The lowest BCUT2D eigenvalue weighted by atomic mass is 10.3. The molecule has 4 nitrogen and oxygen atoms in total. The molecule has 0 rings (SSSR count). The van der Waals surface area contributed by atoms with Crippen LogP contribution in [0.25, 0.3) is 0 Å². The molecule has 0 aromatic heterocycles. The average Bonchev–Trinajstić information content (AvgIpc) is 1.87. The van der Waals surface area contributed by atoms with Gasteiger partial charge in [-0.3, -0.25) is 4.79 Å². The molecule has 0 aliphatic rings. The number of carbonyl (C=O) groups is 1. The number of hydrogen-bond acceptors (Lipinski definition) is 3. The standard InChI is InChI=1S/C6H13N3O/c1-3-6(7)4-8-9-5(2)10/h4,6H,3,7H2,1-2H3,(H,9,10)/b8-4-. The van der Waals surface area contributed by atoms with Crippen molar-refractivity contribution in [2.75, 3.05) is 0 Å². The Kier molecular flexibility index (Phi) is 4.49. The predicted molar refractivity (Wildman–Crippen MR) is 40.6 cm³/mol. The molecule has 0 spiro atoms. The zero-order chi connectivity index (χ0) is 7.98. The maximum absolute atomic E-state index is 10.2. The quantitative estimate of drug-likeness (QED) is 0.426. The number of nitrogens with one attached hydrogen (secondary N) is 1. The van der Waals surface area contributed by atoms with Crippen molar-refractivity contribution in [1.82, 2.24) is 5.43 Å². The molecule has 0 heterocycles. The molecular weight excluding hydrogens is 130 g/mol. The van der Waals surface area contributed by atoms with E-state index in [1.54, 1.807) is 0 Å². The Morgan fingerprint density at radius 1 is 1.90 bits per heavy atom. The first-order valence-corrected chi connectivity index (χ1v) is 3.22. The second kappa shape index (κ2) is 4.93. The maximum Gasteiger partial charge on any atom is 0.236 e. The van der Waals surface area contributed by atoms with E-state index in [2.05, 4.69) is 10.5 Å². The van der Waals surface area contributed by atoms with Crippen molar-refractivity contribution in [2.45, 2.75) is 26.3 Å². The summed E-state index contributed by atoms with van der Waals surface area (Å²) in [6.45, 7) is 3.35. The molecule has 0 aromatic carbocycles. The lowest BCUT2D eigenvalue weighted by Gasteiger charge is -1.98. The Morgan fingerprint density at radius 2 is 2.50 bits per heavy atom. The van der Waals surface area contributed by atoms with Crippen LogP contribution in [0.2, 0.25) is 0 Å². The zero-order valence-corrected chi connectivity index (χ0v) is 6.29. The smallest absolute Gasteiger partial charge is 0.236 e. The van der Waals surface area contributed by atoms with Crippen LogP contribution in [0.3, 0.4) is 0 Å². The van der Waals surface area contributed by atoms with Gasteiger partial charge in [0.2, 0.25) is 5.91 Å². The number of hydrazone groups is 1. The van der Waals surface area contributed by atoms with Crippen LogP contribution >= 0.6 is 0 Å². The SMILES string of the molecule is CCC(N)/C=N\NC(C)=O. The zero-order valence-electron chi connectivity index (χ0n) is 6.29. The van der Waals surface area contributed by atoms with Gasteiger partial charge in [-0.25, -0.2) is 5.43 Å². The van der Waals surface area contributed by atoms with Crippen LogP contribution < -0.4 is 11.2 Å². The van der Waals surface area contributed by atoms with Gasteiger partial charge in [-0.2, -0.15) is 5.10 Å². The molecule has 0 fully saturated rings. The van der Waals surface area contributed by atoms with Crippen LogP contribution in [0.4, 0.5) is 0 Å². The Hall–Kier alpha value is -0.900. The van der Waals surface area contributed by atoms with E-state index in [-0.39, 0.29) is 11.9 Å². The topological polar surface area (TPSA) is 67.5 Å². The molecule has 1 atom stereocenters. The normalized spacial score (nSPS) is 13.5. The Bertz CT molecular complexity index is 133. The second-order valence-corrected chi connectivity index (χ2v) is 2.02. The molecular formula is C6H13N3O. The fraction of sp³-hybridized carbons (Fsp3) is 0.667. The Balaban J connectivity index is 3.45. The lowest BCUT2D eigenvalue weighted by molar-refractivity contribution is -0.118. The molecule has 0 aliphatic heterocycles. The second-order valence-electron chi connectivity index (χ2n) is 2.02. The van der Waals surface area contributed by atoms with Crippen LogP contribution in [0, 0.1) is 0 Å². The number of hydrogen-bond donors (Lipinski definition) is 2. The van der Waals surface area contributed by atoms with Crippen LogP contribution in [0.1, 0.15) is 20.3 Å². The predicted octanol–water partition coefficient (Wildman–Crippen LogP) is -0.154. The van der Waals surface area contributed by atoms with E-state index in [4.69, 9.17) is 5.73 Å². The number of nitrogens with zero attached hydrogens (tertiary/aromatic N) is 1. The van der Waals surface area contributed by atoms with E-state index in [1.165, 1.54) is 13.1 Å². The molecule has 0 radical (unpaired) electrons. The molecule has 0 saturated carbocycles. The molecule has 4 heteroatoms. The first-order valence-electron chi connectivity index (χ1n) is 3.22. The summed E-state index contributed by atoms with van der Waals surface area (Å²) in [5.74, 6) is -0.181. The molecule has 0 bridgehead atoms. The van der Waals surface area contributed by atoms with Crippen LogP contribution in [0.15, 0.2) is 5.10 Å². The van der Waals surface area contributed by atoms with Crippen molar-refractivity contribution in [2.24, 2.45) is 10.8 Å². The summed E-state index contributed by atoms with van der Waals surface area (Å²) >= 11 is 0. The van der Waals surface area contributed by atoms with E-state index in [9.17, 15) is 4.79 Å². The third-order valence-electron chi connectivity index (χ3n) is 0.959. The van der Waals surface area contributed by atoms with Crippen LogP contribution in [0.5, 0.6) is 0 Å². The molecule has 1 unspecified atom stereocenters. The van der Waals surface area contributed by atoms with E-state index in [0.717, 1.165) is 6.42 Å². The van der Waals surface area contributed by atoms with E-state index in [1.807, 2.05) is 6.92 Å². The Labute approximate surface area is 60.5 Å². The number of rotatable bonds is 3. The van der Waals surface area contributed by atoms with Gasteiger partial charge in [-0.05, 0) is 6.42 Å². The van der Waals surface area contributed by atoms with Crippen LogP contribution in [-0.2, 0) is 4.79 Å². The average molecular weight is 143 g/mol.